The molecule has 0 saturated carbocycles. The van der Waals surface area contributed by atoms with E-state index in [1.807, 2.05) is 106 Å². The van der Waals surface area contributed by atoms with Gasteiger partial charge in [0, 0.05) is 76.9 Å². The SMILES string of the molecule is C[C@H]1Oc2ccc(C#CCN3CCN(CC#Cc4ccc5c(c4)N(C)C(=O)[C@@H](NC(=O)c4cn(Cc6ccccc6)cn4)[C@@H](C)O5)CC3)cc2N(C)C(=O)[C@H]1NC(=O)c1cn(Cc2ccccc2)cn1. The van der Waals surface area contributed by atoms with E-state index in [9.17, 15) is 19.2 Å². The zero-order chi connectivity index (χ0) is 48.7. The minimum atomic E-state index is -0.934. The van der Waals surface area contributed by atoms with Crippen LogP contribution in [0.5, 0.6) is 11.5 Å². The van der Waals surface area contributed by atoms with Gasteiger partial charge in [-0.2, -0.15) is 0 Å². The van der Waals surface area contributed by atoms with Crippen molar-refractivity contribution in [2.24, 2.45) is 0 Å². The van der Waals surface area contributed by atoms with Crippen molar-refractivity contribution in [1.29, 1.82) is 0 Å². The number of carbonyl (C=O) groups excluding carboxylic acids is 4. The van der Waals surface area contributed by atoms with Gasteiger partial charge >= 0.3 is 0 Å². The van der Waals surface area contributed by atoms with E-state index >= 15 is 0 Å². The second kappa shape index (κ2) is 21.0. The average molecular weight is 939 g/mol. The van der Waals surface area contributed by atoms with Crippen LogP contribution in [-0.4, -0.2) is 130 Å². The number of nitrogens with one attached hydrogen (secondary N) is 2. The fraction of sp³-hybridized carbons (Fsp3) is 0.296. The summed E-state index contributed by atoms with van der Waals surface area (Å²) in [7, 11) is 3.35. The molecule has 2 N–H and O–H groups in total. The summed E-state index contributed by atoms with van der Waals surface area (Å²) >= 11 is 0. The summed E-state index contributed by atoms with van der Waals surface area (Å²) in [6.07, 6.45) is 5.27. The van der Waals surface area contributed by atoms with Crippen LogP contribution < -0.4 is 29.9 Å². The molecule has 1 fully saturated rings. The molecule has 3 aliphatic heterocycles. The van der Waals surface area contributed by atoms with Gasteiger partial charge in [0.1, 0.15) is 47.2 Å². The Morgan fingerprint density at radius 2 is 1.00 bits per heavy atom. The lowest BCUT2D eigenvalue weighted by Crippen LogP contribution is -2.53. The van der Waals surface area contributed by atoms with Crippen molar-refractivity contribution in [3.63, 3.8) is 0 Å². The lowest BCUT2D eigenvalue weighted by Gasteiger charge is -2.32. The van der Waals surface area contributed by atoms with E-state index in [1.54, 1.807) is 53.0 Å². The van der Waals surface area contributed by atoms with Gasteiger partial charge in [-0.05, 0) is 61.4 Å². The quantitative estimate of drug-likeness (QED) is 0.190. The minimum absolute atomic E-state index is 0.214. The number of carbonyl (C=O) groups is 4. The second-order valence-electron chi connectivity index (χ2n) is 17.7. The molecule has 6 aromatic rings. The Balaban J connectivity index is 0.739. The number of anilines is 2. The highest BCUT2D eigenvalue weighted by Crippen LogP contribution is 2.35. The number of benzene rings is 4. The first-order valence-corrected chi connectivity index (χ1v) is 23.3. The maximum absolute atomic E-state index is 13.8. The molecular weight excluding hydrogens is 885 g/mol. The molecule has 0 unspecified atom stereocenters. The lowest BCUT2D eigenvalue weighted by molar-refractivity contribution is -0.122. The largest absolute Gasteiger partial charge is 0.486 e. The van der Waals surface area contributed by atoms with E-state index < -0.39 is 36.1 Å². The van der Waals surface area contributed by atoms with Crippen LogP contribution in [0.15, 0.2) is 122 Å². The van der Waals surface area contributed by atoms with Crippen LogP contribution in [0.4, 0.5) is 11.4 Å². The van der Waals surface area contributed by atoms with Crippen molar-refractivity contribution in [2.45, 2.75) is 51.2 Å². The highest BCUT2D eigenvalue weighted by atomic mass is 16.5. The standard InChI is InChI=1S/C54H54N10O6/c1-37-49(57-51(65)43-33-63(35-55-43)31-41-13-7-5-8-14-41)53(67)59(3)45-29-39(19-21-47(45)69-37)17-11-23-61-25-27-62(28-26-61)24-12-18-40-20-22-48-46(30-40)60(4)54(68)50(38(2)70-48)58-52(66)44-34-64(36-56-44)32-42-15-9-6-10-16-42/h5-10,13-16,19-22,29-30,33-38,49-50H,23-28,31-32H2,1-4H3,(H,57,65)(H,58,66)/t37-,38-,49+,50+/m1/s1. The maximum Gasteiger partial charge on any atom is 0.272 e. The van der Waals surface area contributed by atoms with Crippen LogP contribution in [0.1, 0.15) is 57.1 Å². The fourth-order valence-electron chi connectivity index (χ4n) is 8.62. The maximum atomic E-state index is 13.8. The van der Waals surface area contributed by atoms with E-state index in [-0.39, 0.29) is 23.2 Å². The molecule has 4 aromatic carbocycles. The molecule has 16 heteroatoms. The molecular formula is C54H54N10O6. The third-order valence-corrected chi connectivity index (χ3v) is 12.7. The Kier molecular flexibility index (Phi) is 14.1. The van der Waals surface area contributed by atoms with E-state index in [0.29, 0.717) is 49.1 Å². The van der Waals surface area contributed by atoms with Crippen LogP contribution in [0, 0.1) is 23.7 Å². The minimum Gasteiger partial charge on any atom is -0.486 e. The van der Waals surface area contributed by atoms with Crippen LogP contribution in [0.25, 0.3) is 0 Å². The molecule has 70 heavy (non-hydrogen) atoms. The Hall–Kier alpha value is -8.18. The first-order valence-electron chi connectivity index (χ1n) is 23.3. The zero-order valence-electron chi connectivity index (χ0n) is 39.5. The van der Waals surface area contributed by atoms with E-state index in [2.05, 4.69) is 54.1 Å². The Morgan fingerprint density at radius 3 is 1.40 bits per heavy atom. The molecule has 9 rings (SSSR count). The number of piperazine rings is 1. The molecule has 0 radical (unpaired) electrons. The Bertz CT molecular complexity index is 2810. The van der Waals surface area contributed by atoms with Gasteiger partial charge in [0.15, 0.2) is 0 Å². The molecule has 1 saturated heterocycles. The van der Waals surface area contributed by atoms with Gasteiger partial charge in [0.25, 0.3) is 23.6 Å². The van der Waals surface area contributed by atoms with Crippen molar-refractivity contribution < 1.29 is 28.7 Å². The number of fused-ring (bicyclic) bond motifs is 2. The van der Waals surface area contributed by atoms with Gasteiger partial charge in [0.05, 0.1) is 37.1 Å². The van der Waals surface area contributed by atoms with Gasteiger partial charge in [-0.15, -0.1) is 0 Å². The van der Waals surface area contributed by atoms with Gasteiger partial charge in [0.2, 0.25) is 0 Å². The fourth-order valence-corrected chi connectivity index (χ4v) is 8.62. The topological polar surface area (TPSA) is 159 Å². The normalized spacial score (nSPS) is 19.1. The molecule has 4 atom stereocenters. The summed E-state index contributed by atoms with van der Waals surface area (Å²) in [4.78, 5) is 70.2. The van der Waals surface area contributed by atoms with E-state index in [0.717, 1.165) is 48.4 Å². The third-order valence-electron chi connectivity index (χ3n) is 12.7. The van der Waals surface area contributed by atoms with Crippen molar-refractivity contribution in [1.82, 2.24) is 39.5 Å². The highest BCUT2D eigenvalue weighted by molar-refractivity contribution is 6.04. The number of aromatic nitrogens is 4. The molecule has 3 aliphatic rings. The molecule has 0 spiro atoms. The lowest BCUT2D eigenvalue weighted by atomic mass is 10.1. The summed E-state index contributed by atoms with van der Waals surface area (Å²) in [5.41, 5.74) is 5.23. The van der Waals surface area contributed by atoms with Crippen LogP contribution >= 0.6 is 0 Å². The molecule has 0 bridgehead atoms. The monoisotopic (exact) mass is 938 g/mol. The first kappa shape index (κ1) is 46.9. The number of imidazole rings is 2. The Labute approximate surface area is 407 Å². The van der Waals surface area contributed by atoms with Crippen LogP contribution in [0.2, 0.25) is 0 Å². The summed E-state index contributed by atoms with van der Waals surface area (Å²) < 4.78 is 16.1. The second-order valence-corrected chi connectivity index (χ2v) is 17.7. The summed E-state index contributed by atoms with van der Waals surface area (Å²) in [6, 6.07) is 29.0. The number of likely N-dealkylation sites (N-methyl/N-ethyl adjacent to an activating group) is 2. The highest BCUT2D eigenvalue weighted by Gasteiger charge is 2.38. The number of rotatable bonds is 10. The van der Waals surface area contributed by atoms with Crippen molar-refractivity contribution >= 4 is 35.0 Å². The van der Waals surface area contributed by atoms with Gasteiger partial charge < -0.3 is 39.0 Å². The molecule has 2 aromatic heterocycles. The Morgan fingerprint density at radius 1 is 0.600 bits per heavy atom. The number of amides is 4. The van der Waals surface area contributed by atoms with Crippen molar-refractivity contribution in [3.05, 3.63) is 156 Å². The van der Waals surface area contributed by atoms with Crippen LogP contribution in [0.3, 0.4) is 0 Å². The predicted molar refractivity (Wildman–Crippen MR) is 265 cm³/mol. The van der Waals surface area contributed by atoms with Gasteiger partial charge in [-0.3, -0.25) is 29.0 Å². The van der Waals surface area contributed by atoms with Crippen molar-refractivity contribution in [3.8, 4) is 35.2 Å². The predicted octanol–water partition coefficient (Wildman–Crippen LogP) is 4.28. The summed E-state index contributed by atoms with van der Waals surface area (Å²) in [6.45, 7) is 9.16. The number of ether oxygens (including phenoxy) is 2. The molecule has 4 amide bonds. The van der Waals surface area contributed by atoms with Gasteiger partial charge in [-0.1, -0.05) is 84.3 Å². The van der Waals surface area contributed by atoms with Gasteiger partial charge in [-0.25, -0.2) is 9.97 Å². The smallest absolute Gasteiger partial charge is 0.272 e. The third kappa shape index (κ3) is 10.9. The van der Waals surface area contributed by atoms with E-state index in [4.69, 9.17) is 9.47 Å². The first-order chi connectivity index (χ1) is 33.9. The molecule has 356 valence electrons. The molecule has 16 nitrogen and oxygen atoms in total. The summed E-state index contributed by atoms with van der Waals surface area (Å²) in [5, 5.41) is 5.70. The zero-order valence-corrected chi connectivity index (χ0v) is 39.5. The summed E-state index contributed by atoms with van der Waals surface area (Å²) in [5.74, 6) is 12.7. The number of nitrogens with zero attached hydrogens (tertiary/aromatic N) is 8. The average Bonchev–Trinajstić information content (AvgIpc) is 4.02. The number of hydrogen-bond donors (Lipinski definition) is 2. The van der Waals surface area contributed by atoms with Crippen molar-refractivity contribution in [2.75, 3.05) is 63.2 Å². The van der Waals surface area contributed by atoms with E-state index in [1.165, 1.54) is 9.80 Å². The van der Waals surface area contributed by atoms with Crippen LogP contribution in [-0.2, 0) is 22.7 Å². The molecule has 5 heterocycles. The number of hydrogen-bond acceptors (Lipinski definition) is 10. The molecule has 0 aliphatic carbocycles.